The van der Waals surface area contributed by atoms with Gasteiger partial charge in [-0.2, -0.15) is 0 Å². The zero-order valence-corrected chi connectivity index (χ0v) is 10.2. The lowest BCUT2D eigenvalue weighted by atomic mass is 9.89. The highest BCUT2D eigenvalue weighted by molar-refractivity contribution is 5.84. The van der Waals surface area contributed by atoms with E-state index in [0.29, 0.717) is 25.7 Å². The van der Waals surface area contributed by atoms with Crippen molar-refractivity contribution in [3.8, 4) is 0 Å². The Hall–Kier alpha value is -1.16. The minimum Gasteiger partial charge on any atom is -0.469 e. The molecule has 4 nitrogen and oxygen atoms in total. The third kappa shape index (κ3) is 4.30. The smallest absolute Gasteiger partial charge is 0.305 e. The average Bonchev–Trinajstić information content (AvgIpc) is 2.66. The van der Waals surface area contributed by atoms with Gasteiger partial charge in [0.25, 0.3) is 0 Å². The van der Waals surface area contributed by atoms with Crippen LogP contribution in [-0.2, 0) is 14.3 Å². The number of methoxy groups -OCH3 is 1. The second-order valence-corrected chi connectivity index (χ2v) is 4.37. The van der Waals surface area contributed by atoms with Crippen molar-refractivity contribution in [3.05, 3.63) is 12.2 Å². The SMILES string of the molecule is COC(=O)C[C@@H]1CCC(=O)[C@H]1C/C=C\CCO. The van der Waals surface area contributed by atoms with Gasteiger partial charge in [0.1, 0.15) is 5.78 Å². The van der Waals surface area contributed by atoms with Gasteiger partial charge in [-0.1, -0.05) is 12.2 Å². The molecule has 0 saturated heterocycles. The minimum atomic E-state index is -0.242. The lowest BCUT2D eigenvalue weighted by Crippen LogP contribution is -2.18. The number of Topliss-reactive ketones (excluding diaryl/α,β-unsaturated/α-hetero) is 1. The molecule has 0 aromatic carbocycles. The number of rotatable bonds is 6. The van der Waals surface area contributed by atoms with Crippen molar-refractivity contribution in [2.24, 2.45) is 11.8 Å². The molecule has 1 N–H and O–H groups in total. The van der Waals surface area contributed by atoms with E-state index in [1.165, 1.54) is 7.11 Å². The molecule has 0 spiro atoms. The van der Waals surface area contributed by atoms with Crippen LogP contribution in [0.25, 0.3) is 0 Å². The lowest BCUT2D eigenvalue weighted by Gasteiger charge is -2.15. The monoisotopic (exact) mass is 240 g/mol. The Labute approximate surface area is 102 Å². The van der Waals surface area contributed by atoms with E-state index in [4.69, 9.17) is 5.11 Å². The number of carbonyl (C=O) groups is 2. The predicted octanol–water partition coefficient (Wildman–Crippen LogP) is 1.47. The normalized spacial score (nSPS) is 24.5. The Balaban J connectivity index is 2.47. The first-order chi connectivity index (χ1) is 8.19. The van der Waals surface area contributed by atoms with Crippen LogP contribution in [0.2, 0.25) is 0 Å². The minimum absolute atomic E-state index is 0.0518. The zero-order valence-electron chi connectivity index (χ0n) is 10.2. The van der Waals surface area contributed by atoms with Crippen molar-refractivity contribution < 1.29 is 19.4 Å². The molecule has 1 fully saturated rings. The molecule has 1 aliphatic rings. The molecule has 96 valence electrons. The highest BCUT2D eigenvalue weighted by Crippen LogP contribution is 2.34. The number of carbonyl (C=O) groups excluding carboxylic acids is 2. The number of esters is 1. The summed E-state index contributed by atoms with van der Waals surface area (Å²) in [5.41, 5.74) is 0. The molecule has 0 aliphatic heterocycles. The summed E-state index contributed by atoms with van der Waals surface area (Å²) >= 11 is 0. The summed E-state index contributed by atoms with van der Waals surface area (Å²) in [6, 6.07) is 0. The van der Waals surface area contributed by atoms with E-state index in [1.54, 1.807) is 0 Å². The molecule has 1 rings (SSSR count). The topological polar surface area (TPSA) is 63.6 Å². The number of aliphatic hydroxyl groups is 1. The van der Waals surface area contributed by atoms with Gasteiger partial charge < -0.3 is 9.84 Å². The van der Waals surface area contributed by atoms with Gasteiger partial charge in [-0.05, 0) is 25.2 Å². The summed E-state index contributed by atoms with van der Waals surface area (Å²) in [6.45, 7) is 0.126. The second-order valence-electron chi connectivity index (χ2n) is 4.37. The van der Waals surface area contributed by atoms with Gasteiger partial charge in [0, 0.05) is 25.4 Å². The molecular weight excluding hydrogens is 220 g/mol. The number of aliphatic hydroxyl groups excluding tert-OH is 1. The Morgan fingerprint density at radius 2 is 2.29 bits per heavy atom. The van der Waals surface area contributed by atoms with Crippen LogP contribution in [-0.4, -0.2) is 30.6 Å². The molecule has 0 aromatic rings. The molecule has 0 aromatic heterocycles. The average molecular weight is 240 g/mol. The summed E-state index contributed by atoms with van der Waals surface area (Å²) in [7, 11) is 1.37. The summed E-state index contributed by atoms with van der Waals surface area (Å²) in [5.74, 6) is 0.0689. The molecule has 1 saturated carbocycles. The molecule has 1 aliphatic carbocycles. The number of allylic oxidation sites excluding steroid dienone is 1. The van der Waals surface area contributed by atoms with Crippen molar-refractivity contribution in [2.75, 3.05) is 13.7 Å². The maximum atomic E-state index is 11.7. The van der Waals surface area contributed by atoms with Crippen LogP contribution in [0.15, 0.2) is 12.2 Å². The third-order valence-corrected chi connectivity index (χ3v) is 3.25. The Morgan fingerprint density at radius 3 is 2.94 bits per heavy atom. The van der Waals surface area contributed by atoms with E-state index < -0.39 is 0 Å². The van der Waals surface area contributed by atoms with Crippen molar-refractivity contribution in [1.29, 1.82) is 0 Å². The summed E-state index contributed by atoms with van der Waals surface area (Å²) in [6.07, 6.45) is 6.77. The zero-order chi connectivity index (χ0) is 12.7. The molecule has 0 unspecified atom stereocenters. The predicted molar refractivity (Wildman–Crippen MR) is 63.3 cm³/mol. The van der Waals surface area contributed by atoms with E-state index in [-0.39, 0.29) is 30.2 Å². The van der Waals surface area contributed by atoms with Gasteiger partial charge in [-0.3, -0.25) is 9.59 Å². The highest BCUT2D eigenvalue weighted by Gasteiger charge is 2.34. The van der Waals surface area contributed by atoms with Crippen LogP contribution >= 0.6 is 0 Å². The van der Waals surface area contributed by atoms with Gasteiger partial charge in [-0.15, -0.1) is 0 Å². The van der Waals surface area contributed by atoms with Gasteiger partial charge >= 0.3 is 5.97 Å². The quantitative estimate of drug-likeness (QED) is 0.564. The van der Waals surface area contributed by atoms with E-state index in [9.17, 15) is 9.59 Å². The number of ketones is 1. The maximum Gasteiger partial charge on any atom is 0.305 e. The molecule has 2 atom stereocenters. The van der Waals surface area contributed by atoms with E-state index in [2.05, 4.69) is 4.74 Å². The van der Waals surface area contributed by atoms with Crippen molar-refractivity contribution >= 4 is 11.8 Å². The fourth-order valence-electron chi connectivity index (χ4n) is 2.28. The Kier molecular flexibility index (Phi) is 5.91. The summed E-state index contributed by atoms with van der Waals surface area (Å²) < 4.78 is 4.64. The van der Waals surface area contributed by atoms with Gasteiger partial charge in [0.05, 0.1) is 7.11 Å². The van der Waals surface area contributed by atoms with Crippen LogP contribution in [0.4, 0.5) is 0 Å². The Bertz CT molecular complexity index is 296. The summed E-state index contributed by atoms with van der Waals surface area (Å²) in [5, 5.41) is 8.63. The lowest BCUT2D eigenvalue weighted by molar-refractivity contribution is -0.142. The first-order valence-electron chi connectivity index (χ1n) is 6.04. The maximum absolute atomic E-state index is 11.7. The second kappa shape index (κ2) is 7.22. The fraction of sp³-hybridized carbons (Fsp3) is 0.692. The van der Waals surface area contributed by atoms with Gasteiger partial charge in [-0.25, -0.2) is 0 Å². The van der Waals surface area contributed by atoms with Crippen molar-refractivity contribution in [3.63, 3.8) is 0 Å². The van der Waals surface area contributed by atoms with Crippen LogP contribution in [0.1, 0.15) is 32.1 Å². The number of hydrogen-bond donors (Lipinski definition) is 1. The molecule has 4 heteroatoms. The summed E-state index contributed by atoms with van der Waals surface area (Å²) in [4.78, 5) is 22.9. The first kappa shape index (κ1) is 13.9. The molecule has 0 heterocycles. The molecule has 0 radical (unpaired) electrons. The van der Waals surface area contributed by atoms with Crippen LogP contribution < -0.4 is 0 Å². The molecular formula is C13H20O4. The largest absolute Gasteiger partial charge is 0.469 e. The number of ether oxygens (including phenoxy) is 1. The van der Waals surface area contributed by atoms with Crippen LogP contribution in [0.5, 0.6) is 0 Å². The van der Waals surface area contributed by atoms with Crippen LogP contribution in [0, 0.1) is 11.8 Å². The van der Waals surface area contributed by atoms with Gasteiger partial charge in [0.2, 0.25) is 0 Å². The molecule has 0 amide bonds. The highest BCUT2D eigenvalue weighted by atomic mass is 16.5. The van der Waals surface area contributed by atoms with E-state index in [0.717, 1.165) is 6.42 Å². The van der Waals surface area contributed by atoms with Gasteiger partial charge in [0.15, 0.2) is 0 Å². The standard InChI is InChI=1S/C13H20O4/c1-17-13(16)9-10-6-7-12(15)11(10)5-3-2-4-8-14/h2-3,10-11,14H,4-9H2,1H3/b3-2-/t10-,11-/m0/s1. The Morgan fingerprint density at radius 1 is 1.53 bits per heavy atom. The molecule has 17 heavy (non-hydrogen) atoms. The first-order valence-corrected chi connectivity index (χ1v) is 6.04. The number of hydrogen-bond acceptors (Lipinski definition) is 4. The van der Waals surface area contributed by atoms with Crippen LogP contribution in [0.3, 0.4) is 0 Å². The van der Waals surface area contributed by atoms with Crippen molar-refractivity contribution in [2.45, 2.75) is 32.1 Å². The van der Waals surface area contributed by atoms with E-state index >= 15 is 0 Å². The van der Waals surface area contributed by atoms with Crippen molar-refractivity contribution in [1.82, 2.24) is 0 Å². The van der Waals surface area contributed by atoms with E-state index in [1.807, 2.05) is 12.2 Å². The fourth-order valence-corrected chi connectivity index (χ4v) is 2.28. The third-order valence-electron chi connectivity index (χ3n) is 3.25. The molecule has 0 bridgehead atoms.